The number of nitrogens with one attached hydrogen (secondary N) is 2. The Bertz CT molecular complexity index is 447. The van der Waals surface area contributed by atoms with E-state index in [2.05, 4.69) is 10.6 Å². The first kappa shape index (κ1) is 14.3. The fourth-order valence-corrected chi connectivity index (χ4v) is 5.42. The van der Waals surface area contributed by atoms with Crippen molar-refractivity contribution in [1.82, 2.24) is 10.6 Å². The zero-order chi connectivity index (χ0) is 15.3. The van der Waals surface area contributed by atoms with Crippen molar-refractivity contribution >= 4 is 12.0 Å². The van der Waals surface area contributed by atoms with Gasteiger partial charge in [-0.3, -0.25) is 0 Å². The molecule has 0 aromatic carbocycles. The molecule has 3 N–H and O–H groups in total. The Balaban J connectivity index is 1.34. The molecule has 2 amide bonds. The number of carboxylic acids is 1. The normalized spacial score (nSPS) is 40.3. The van der Waals surface area contributed by atoms with Crippen LogP contribution in [0.4, 0.5) is 4.79 Å². The molecule has 0 saturated heterocycles. The lowest BCUT2D eigenvalue weighted by Gasteiger charge is -2.54. The Labute approximate surface area is 131 Å². The van der Waals surface area contributed by atoms with Gasteiger partial charge in [0, 0.05) is 6.04 Å². The van der Waals surface area contributed by atoms with Gasteiger partial charge in [0.2, 0.25) is 0 Å². The van der Waals surface area contributed by atoms with Crippen molar-refractivity contribution in [3.05, 3.63) is 0 Å². The van der Waals surface area contributed by atoms with Crippen LogP contribution in [-0.2, 0) is 4.79 Å². The van der Waals surface area contributed by atoms with Crippen LogP contribution in [0.2, 0.25) is 0 Å². The smallest absolute Gasteiger partial charge is 0.326 e. The Kier molecular flexibility index (Phi) is 3.54. The predicted molar refractivity (Wildman–Crippen MR) is 81.3 cm³/mol. The molecule has 0 heterocycles. The summed E-state index contributed by atoms with van der Waals surface area (Å²) in [5, 5.41) is 15.1. The molecular weight excluding hydrogens is 280 g/mol. The number of hydrogen-bond acceptors (Lipinski definition) is 2. The standard InChI is InChI=1S/C17H26N2O3/c20-16(21)14(8-9-1-2-9)18-17(22)19-15-12-4-10-3-11(6-12)7-13(15)5-10/h9-15H,1-8H2,(H,20,21)(H2,18,19,22)/t10?,11?,12?,13?,14-,15?/m0/s1. The molecule has 0 spiro atoms. The first-order valence-corrected chi connectivity index (χ1v) is 8.88. The summed E-state index contributed by atoms with van der Waals surface area (Å²) in [5.41, 5.74) is 0. The summed E-state index contributed by atoms with van der Waals surface area (Å²) >= 11 is 0. The van der Waals surface area contributed by atoms with Crippen molar-refractivity contribution in [1.29, 1.82) is 0 Å². The number of carboxylic acid groups (broad SMARTS) is 1. The van der Waals surface area contributed by atoms with Gasteiger partial charge in [-0.1, -0.05) is 12.8 Å². The summed E-state index contributed by atoms with van der Waals surface area (Å²) < 4.78 is 0. The van der Waals surface area contributed by atoms with Gasteiger partial charge in [-0.05, 0) is 68.1 Å². The number of aliphatic carboxylic acids is 1. The van der Waals surface area contributed by atoms with Gasteiger partial charge >= 0.3 is 12.0 Å². The Morgan fingerprint density at radius 3 is 2.09 bits per heavy atom. The fourth-order valence-electron chi connectivity index (χ4n) is 5.42. The molecule has 22 heavy (non-hydrogen) atoms. The molecule has 1 atom stereocenters. The molecule has 0 aromatic heterocycles. The zero-order valence-electron chi connectivity index (χ0n) is 13.0. The number of urea groups is 1. The second-order valence-electron chi connectivity index (χ2n) is 8.14. The summed E-state index contributed by atoms with van der Waals surface area (Å²) in [6.07, 6.45) is 9.18. The molecule has 122 valence electrons. The third kappa shape index (κ3) is 2.82. The number of hydrogen-bond donors (Lipinski definition) is 3. The maximum atomic E-state index is 12.3. The molecule has 5 nitrogen and oxygen atoms in total. The molecule has 5 saturated carbocycles. The monoisotopic (exact) mass is 306 g/mol. The highest BCUT2D eigenvalue weighted by atomic mass is 16.4. The molecule has 0 aromatic rings. The third-order valence-electron chi connectivity index (χ3n) is 6.39. The van der Waals surface area contributed by atoms with Crippen LogP contribution >= 0.6 is 0 Å². The van der Waals surface area contributed by atoms with Gasteiger partial charge in [0.15, 0.2) is 0 Å². The van der Waals surface area contributed by atoms with Crippen LogP contribution in [0.15, 0.2) is 0 Å². The van der Waals surface area contributed by atoms with Crippen LogP contribution in [0.1, 0.15) is 51.4 Å². The van der Waals surface area contributed by atoms with E-state index in [1.807, 2.05) is 0 Å². The van der Waals surface area contributed by atoms with Crippen LogP contribution in [0.5, 0.6) is 0 Å². The summed E-state index contributed by atoms with van der Waals surface area (Å²) in [6, 6.07) is -0.738. The Hall–Kier alpha value is -1.26. The lowest BCUT2D eigenvalue weighted by molar-refractivity contribution is -0.139. The van der Waals surface area contributed by atoms with Gasteiger partial charge in [0.25, 0.3) is 0 Å². The fraction of sp³-hybridized carbons (Fsp3) is 0.882. The van der Waals surface area contributed by atoms with Gasteiger partial charge in [-0.15, -0.1) is 0 Å². The lowest BCUT2D eigenvalue weighted by atomic mass is 9.54. The van der Waals surface area contributed by atoms with E-state index in [4.69, 9.17) is 0 Å². The quantitative estimate of drug-likeness (QED) is 0.729. The van der Waals surface area contributed by atoms with E-state index in [1.165, 1.54) is 32.1 Å². The molecule has 0 aliphatic heterocycles. The predicted octanol–water partition coefficient (Wildman–Crippen LogP) is 2.36. The molecule has 5 aliphatic rings. The van der Waals surface area contributed by atoms with E-state index in [-0.39, 0.29) is 12.1 Å². The van der Waals surface area contributed by atoms with E-state index in [0.29, 0.717) is 24.2 Å². The average molecular weight is 306 g/mol. The largest absolute Gasteiger partial charge is 0.480 e. The summed E-state index contributed by atoms with van der Waals surface area (Å²) in [5.74, 6) is 2.58. The molecule has 5 aliphatic carbocycles. The van der Waals surface area contributed by atoms with Crippen molar-refractivity contribution in [3.63, 3.8) is 0 Å². The number of carbonyl (C=O) groups excluding carboxylic acids is 1. The third-order valence-corrected chi connectivity index (χ3v) is 6.39. The molecule has 5 fully saturated rings. The van der Waals surface area contributed by atoms with Crippen LogP contribution in [-0.4, -0.2) is 29.2 Å². The highest BCUT2D eigenvalue weighted by Crippen LogP contribution is 2.53. The van der Waals surface area contributed by atoms with Gasteiger partial charge in [-0.25, -0.2) is 9.59 Å². The van der Waals surface area contributed by atoms with E-state index in [1.54, 1.807) is 0 Å². The Morgan fingerprint density at radius 1 is 1.00 bits per heavy atom. The van der Waals surface area contributed by atoms with Crippen molar-refractivity contribution in [3.8, 4) is 0 Å². The van der Waals surface area contributed by atoms with Gasteiger partial charge < -0.3 is 15.7 Å². The maximum absolute atomic E-state index is 12.3. The SMILES string of the molecule is O=C(NC1C2CC3CC(C2)CC1C3)N[C@@H](CC1CC1)C(=O)O. The molecule has 0 radical (unpaired) electrons. The highest BCUT2D eigenvalue weighted by molar-refractivity contribution is 5.82. The highest BCUT2D eigenvalue weighted by Gasteiger charge is 2.48. The molecule has 5 heteroatoms. The van der Waals surface area contributed by atoms with Crippen LogP contribution in [0.25, 0.3) is 0 Å². The average Bonchev–Trinajstić information content (AvgIpc) is 3.25. The number of carbonyl (C=O) groups is 2. The van der Waals surface area contributed by atoms with E-state index < -0.39 is 12.0 Å². The summed E-state index contributed by atoms with van der Waals surface area (Å²) in [4.78, 5) is 23.6. The second kappa shape index (κ2) is 5.43. The van der Waals surface area contributed by atoms with E-state index in [0.717, 1.165) is 24.7 Å². The summed E-state index contributed by atoms with van der Waals surface area (Å²) in [7, 11) is 0. The van der Waals surface area contributed by atoms with E-state index >= 15 is 0 Å². The zero-order valence-corrected chi connectivity index (χ0v) is 13.0. The van der Waals surface area contributed by atoms with Crippen LogP contribution < -0.4 is 10.6 Å². The van der Waals surface area contributed by atoms with E-state index in [9.17, 15) is 14.7 Å². The van der Waals surface area contributed by atoms with Crippen molar-refractivity contribution in [2.24, 2.45) is 29.6 Å². The number of amides is 2. The first-order chi connectivity index (χ1) is 10.6. The maximum Gasteiger partial charge on any atom is 0.326 e. The van der Waals surface area contributed by atoms with Crippen molar-refractivity contribution < 1.29 is 14.7 Å². The molecule has 4 bridgehead atoms. The minimum atomic E-state index is -0.910. The first-order valence-electron chi connectivity index (χ1n) is 8.88. The number of rotatable bonds is 5. The topological polar surface area (TPSA) is 78.4 Å². The minimum absolute atomic E-state index is 0.267. The van der Waals surface area contributed by atoms with Crippen molar-refractivity contribution in [2.75, 3.05) is 0 Å². The van der Waals surface area contributed by atoms with Gasteiger partial charge in [-0.2, -0.15) is 0 Å². The van der Waals surface area contributed by atoms with Crippen molar-refractivity contribution in [2.45, 2.75) is 63.5 Å². The molecule has 0 unspecified atom stereocenters. The Morgan fingerprint density at radius 2 is 1.59 bits per heavy atom. The van der Waals surface area contributed by atoms with Gasteiger partial charge in [0.05, 0.1) is 0 Å². The van der Waals surface area contributed by atoms with Gasteiger partial charge in [0.1, 0.15) is 6.04 Å². The lowest BCUT2D eigenvalue weighted by Crippen LogP contribution is -2.58. The molecule has 5 rings (SSSR count). The molecular formula is C17H26N2O3. The summed E-state index contributed by atoms with van der Waals surface area (Å²) in [6.45, 7) is 0. The second-order valence-corrected chi connectivity index (χ2v) is 8.14. The minimum Gasteiger partial charge on any atom is -0.480 e. The van der Waals surface area contributed by atoms with Crippen LogP contribution in [0.3, 0.4) is 0 Å². The van der Waals surface area contributed by atoms with Crippen LogP contribution in [0, 0.1) is 29.6 Å².